The number of aromatic nitrogens is 1. The van der Waals surface area contributed by atoms with E-state index < -0.39 is 28.6 Å². The molecule has 8 heteroatoms. The number of nitrogen functional groups attached to an aromatic ring is 1. The second-order valence-electron chi connectivity index (χ2n) is 5.77. The average Bonchev–Trinajstić information content (AvgIpc) is 2.54. The Hall–Kier alpha value is -3.29. The summed E-state index contributed by atoms with van der Waals surface area (Å²) in [6.45, 7) is 7.32. The minimum absolute atomic E-state index is 0.185. The van der Waals surface area contributed by atoms with Crippen molar-refractivity contribution in [3.63, 3.8) is 0 Å². The molecule has 0 fully saturated rings. The Labute approximate surface area is 149 Å². The highest BCUT2D eigenvalue weighted by molar-refractivity contribution is 6.07. The van der Waals surface area contributed by atoms with Crippen molar-refractivity contribution >= 4 is 23.4 Å². The van der Waals surface area contributed by atoms with Crippen LogP contribution in [-0.2, 0) is 0 Å². The van der Waals surface area contributed by atoms with Gasteiger partial charge in [-0.3, -0.25) is 4.79 Å². The third-order valence-corrected chi connectivity index (χ3v) is 4.28. The van der Waals surface area contributed by atoms with Crippen LogP contribution in [0.15, 0.2) is 23.0 Å². The van der Waals surface area contributed by atoms with Crippen molar-refractivity contribution in [1.29, 1.82) is 0 Å². The van der Waals surface area contributed by atoms with E-state index in [1.165, 1.54) is 0 Å². The van der Waals surface area contributed by atoms with E-state index in [2.05, 4.69) is 9.88 Å². The zero-order valence-electron chi connectivity index (χ0n) is 14.8. The molecule has 0 atom stereocenters. The normalized spacial score (nSPS) is 10.6. The number of H-pyrrole nitrogens is 1. The van der Waals surface area contributed by atoms with E-state index in [0.717, 1.165) is 18.8 Å². The molecule has 0 aliphatic rings. The van der Waals surface area contributed by atoms with Crippen LogP contribution in [0.1, 0.15) is 40.1 Å². The molecular weight excluding hydrogens is 338 g/mol. The number of nitrogens with zero attached hydrogens (tertiary/aromatic N) is 1. The van der Waals surface area contributed by atoms with Crippen LogP contribution in [0.2, 0.25) is 0 Å². The molecule has 8 nitrogen and oxygen atoms in total. The quantitative estimate of drug-likeness (QED) is 0.620. The lowest BCUT2D eigenvalue weighted by molar-refractivity contribution is 0.0695. The number of benzene rings is 1. The summed E-state index contributed by atoms with van der Waals surface area (Å²) in [6, 6.07) is 5.22. The Morgan fingerprint density at radius 1 is 1.12 bits per heavy atom. The molecule has 0 saturated heterocycles. The number of aromatic amines is 1. The summed E-state index contributed by atoms with van der Waals surface area (Å²) in [5.74, 6) is -3.31. The van der Waals surface area contributed by atoms with E-state index in [1.54, 1.807) is 19.1 Å². The number of pyridine rings is 1. The van der Waals surface area contributed by atoms with Gasteiger partial charge in [0.05, 0.1) is 0 Å². The largest absolute Gasteiger partial charge is 0.478 e. The summed E-state index contributed by atoms with van der Waals surface area (Å²) in [4.78, 5) is 39.6. The molecule has 0 amide bonds. The fourth-order valence-corrected chi connectivity index (χ4v) is 3.03. The van der Waals surface area contributed by atoms with Crippen molar-refractivity contribution in [2.24, 2.45) is 0 Å². The average molecular weight is 359 g/mol. The van der Waals surface area contributed by atoms with Gasteiger partial charge in [-0.05, 0) is 44.0 Å². The van der Waals surface area contributed by atoms with Crippen LogP contribution in [0.4, 0.5) is 11.5 Å². The van der Waals surface area contributed by atoms with Gasteiger partial charge in [-0.15, -0.1) is 0 Å². The molecule has 0 aliphatic carbocycles. The van der Waals surface area contributed by atoms with Crippen LogP contribution >= 0.6 is 0 Å². The topological polar surface area (TPSA) is 137 Å². The van der Waals surface area contributed by atoms with Crippen LogP contribution < -0.4 is 16.2 Å². The van der Waals surface area contributed by atoms with E-state index in [0.29, 0.717) is 11.1 Å². The first-order valence-electron chi connectivity index (χ1n) is 8.11. The van der Waals surface area contributed by atoms with Gasteiger partial charge in [0.1, 0.15) is 16.9 Å². The van der Waals surface area contributed by atoms with Crippen LogP contribution in [0.25, 0.3) is 11.1 Å². The van der Waals surface area contributed by atoms with Crippen LogP contribution in [0.5, 0.6) is 0 Å². The number of carbonyl (C=O) groups is 2. The smallest absolute Gasteiger partial charge is 0.342 e. The van der Waals surface area contributed by atoms with E-state index in [4.69, 9.17) is 5.73 Å². The molecular formula is C18H21N3O5. The highest BCUT2D eigenvalue weighted by Crippen LogP contribution is 2.33. The van der Waals surface area contributed by atoms with Crippen molar-refractivity contribution in [2.75, 3.05) is 23.7 Å². The van der Waals surface area contributed by atoms with Crippen LogP contribution in [-0.4, -0.2) is 40.2 Å². The molecule has 26 heavy (non-hydrogen) atoms. The summed E-state index contributed by atoms with van der Waals surface area (Å²) in [7, 11) is 0. The maximum atomic E-state index is 12.1. The number of anilines is 2. The predicted molar refractivity (Wildman–Crippen MR) is 99.1 cm³/mol. The lowest BCUT2D eigenvalue weighted by Gasteiger charge is -2.22. The lowest BCUT2D eigenvalue weighted by Crippen LogP contribution is -2.24. The lowest BCUT2D eigenvalue weighted by atomic mass is 9.92. The summed E-state index contributed by atoms with van der Waals surface area (Å²) < 4.78 is 0. The Morgan fingerprint density at radius 3 is 2.15 bits per heavy atom. The molecule has 2 rings (SSSR count). The molecule has 0 unspecified atom stereocenters. The standard InChI is InChI=1S/C18H21N3O5/c1-4-21(5-2)10-6-7-11(9(3)8-10)12-13(17(23)24)15(19)20-16(22)14(12)18(25)26/h6-8H,4-5H2,1-3H3,(H,23,24)(H,25,26)(H3,19,20,22). The van der Waals surface area contributed by atoms with Gasteiger partial charge in [0.15, 0.2) is 0 Å². The Morgan fingerprint density at radius 2 is 1.69 bits per heavy atom. The van der Waals surface area contributed by atoms with Crippen molar-refractivity contribution in [3.05, 3.63) is 45.2 Å². The van der Waals surface area contributed by atoms with E-state index in [9.17, 15) is 24.6 Å². The van der Waals surface area contributed by atoms with Gasteiger partial charge in [-0.25, -0.2) is 9.59 Å². The Kier molecular flexibility index (Phi) is 5.35. The molecule has 1 aromatic carbocycles. The first-order valence-corrected chi connectivity index (χ1v) is 8.11. The van der Waals surface area contributed by atoms with Gasteiger partial charge in [0.25, 0.3) is 5.56 Å². The van der Waals surface area contributed by atoms with Gasteiger partial charge in [-0.1, -0.05) is 6.07 Å². The first-order chi connectivity index (χ1) is 12.2. The third-order valence-electron chi connectivity index (χ3n) is 4.28. The van der Waals surface area contributed by atoms with Gasteiger partial charge in [0.2, 0.25) is 0 Å². The maximum absolute atomic E-state index is 12.1. The monoisotopic (exact) mass is 359 g/mol. The maximum Gasteiger partial charge on any atom is 0.342 e. The molecule has 5 N–H and O–H groups in total. The SMILES string of the molecule is CCN(CC)c1ccc(-c2c(C(=O)O)c(N)[nH]c(=O)c2C(=O)O)c(C)c1. The third kappa shape index (κ3) is 3.26. The molecule has 0 saturated carbocycles. The number of carboxylic acids is 2. The summed E-state index contributed by atoms with van der Waals surface area (Å²) >= 11 is 0. The second-order valence-corrected chi connectivity index (χ2v) is 5.77. The number of nitrogens with one attached hydrogen (secondary N) is 1. The van der Waals surface area contributed by atoms with Crippen molar-refractivity contribution < 1.29 is 19.8 Å². The Balaban J connectivity index is 2.85. The zero-order valence-corrected chi connectivity index (χ0v) is 14.8. The number of hydrogen-bond donors (Lipinski definition) is 4. The number of hydrogen-bond acceptors (Lipinski definition) is 5. The van der Waals surface area contributed by atoms with Gasteiger partial charge in [-0.2, -0.15) is 0 Å². The van der Waals surface area contributed by atoms with Crippen LogP contribution in [0, 0.1) is 6.92 Å². The number of rotatable bonds is 6. The summed E-state index contributed by atoms with van der Waals surface area (Å²) in [5, 5.41) is 19.0. The number of aryl methyl sites for hydroxylation is 1. The fraction of sp³-hybridized carbons (Fsp3) is 0.278. The minimum Gasteiger partial charge on any atom is -0.478 e. The first kappa shape index (κ1) is 19.0. The number of aromatic carboxylic acids is 2. The number of nitrogens with two attached hydrogens (primary N) is 1. The van der Waals surface area contributed by atoms with Crippen molar-refractivity contribution in [3.8, 4) is 11.1 Å². The zero-order chi connectivity index (χ0) is 19.6. The van der Waals surface area contributed by atoms with Crippen molar-refractivity contribution in [2.45, 2.75) is 20.8 Å². The van der Waals surface area contributed by atoms with E-state index >= 15 is 0 Å². The highest BCUT2D eigenvalue weighted by atomic mass is 16.4. The molecule has 0 spiro atoms. The van der Waals surface area contributed by atoms with E-state index in [1.807, 2.05) is 19.9 Å². The van der Waals surface area contributed by atoms with Gasteiger partial charge >= 0.3 is 11.9 Å². The van der Waals surface area contributed by atoms with Gasteiger partial charge in [0, 0.05) is 24.3 Å². The Bertz CT molecular complexity index is 929. The molecule has 1 aromatic heterocycles. The van der Waals surface area contributed by atoms with Crippen LogP contribution in [0.3, 0.4) is 0 Å². The molecule has 0 bridgehead atoms. The summed E-state index contributed by atoms with van der Waals surface area (Å²) in [6.07, 6.45) is 0. The molecule has 0 radical (unpaired) electrons. The van der Waals surface area contributed by atoms with E-state index in [-0.39, 0.29) is 11.4 Å². The molecule has 0 aliphatic heterocycles. The molecule has 138 valence electrons. The predicted octanol–water partition coefficient (Wildman–Crippen LogP) is 2.18. The number of carboxylic acid groups (broad SMARTS) is 2. The summed E-state index contributed by atoms with van der Waals surface area (Å²) in [5.41, 5.74) is 5.37. The highest BCUT2D eigenvalue weighted by Gasteiger charge is 2.27. The van der Waals surface area contributed by atoms with Gasteiger partial charge < -0.3 is 25.8 Å². The van der Waals surface area contributed by atoms with Crippen molar-refractivity contribution in [1.82, 2.24) is 4.98 Å². The second kappa shape index (κ2) is 7.30. The molecule has 1 heterocycles. The fourth-order valence-electron chi connectivity index (χ4n) is 3.03. The molecule has 2 aromatic rings. The minimum atomic E-state index is -1.52.